The van der Waals surface area contributed by atoms with Gasteiger partial charge in [-0.05, 0) is 57.4 Å². The highest BCUT2D eigenvalue weighted by atomic mass is 14.5. The fraction of sp³-hybridized carbons (Fsp3) is 0.524. The highest BCUT2D eigenvalue weighted by Gasteiger charge is 2.14. The van der Waals surface area contributed by atoms with Gasteiger partial charge in [-0.1, -0.05) is 68.7 Å². The van der Waals surface area contributed by atoms with E-state index < -0.39 is 0 Å². The minimum Gasteiger partial charge on any atom is -0.405 e. The Kier molecular flexibility index (Phi) is 11.3. The molecule has 0 aliphatic carbocycles. The van der Waals surface area contributed by atoms with Crippen molar-refractivity contribution in [3.05, 3.63) is 59.4 Å². The van der Waals surface area contributed by atoms with Crippen LogP contribution < -0.4 is 5.73 Å². The zero-order valence-electron chi connectivity index (χ0n) is 15.3. The molecular weight excluding hydrogens is 266 g/mol. The summed E-state index contributed by atoms with van der Waals surface area (Å²) in [5.41, 5.74) is 11.0. The van der Waals surface area contributed by atoms with Gasteiger partial charge < -0.3 is 5.73 Å². The summed E-state index contributed by atoms with van der Waals surface area (Å²) in [4.78, 5) is 0. The van der Waals surface area contributed by atoms with Crippen molar-refractivity contribution in [2.75, 3.05) is 0 Å². The maximum absolute atomic E-state index is 5.46. The lowest BCUT2D eigenvalue weighted by atomic mass is 9.84. The van der Waals surface area contributed by atoms with E-state index in [2.05, 4.69) is 59.4 Å². The number of allylic oxidation sites excluding steroid dienone is 8. The van der Waals surface area contributed by atoms with Crippen LogP contribution >= 0.6 is 0 Å². The van der Waals surface area contributed by atoms with Crippen LogP contribution in [0.4, 0.5) is 0 Å². The highest BCUT2D eigenvalue weighted by Crippen LogP contribution is 2.30. The van der Waals surface area contributed by atoms with Crippen LogP contribution in [0.1, 0.15) is 66.7 Å². The summed E-state index contributed by atoms with van der Waals surface area (Å²) in [7, 11) is 0. The molecule has 0 bridgehead atoms. The molecule has 0 rings (SSSR count). The lowest BCUT2D eigenvalue weighted by molar-refractivity contribution is 0.688. The molecule has 2 N–H and O–H groups in total. The van der Waals surface area contributed by atoms with Gasteiger partial charge in [0, 0.05) is 5.92 Å². The van der Waals surface area contributed by atoms with Crippen LogP contribution in [0.3, 0.4) is 0 Å². The molecule has 0 saturated heterocycles. The summed E-state index contributed by atoms with van der Waals surface area (Å²) >= 11 is 0. The summed E-state index contributed by atoms with van der Waals surface area (Å²) < 4.78 is 0. The van der Waals surface area contributed by atoms with Crippen molar-refractivity contribution in [2.45, 2.75) is 66.7 Å². The van der Waals surface area contributed by atoms with E-state index in [9.17, 15) is 0 Å². The van der Waals surface area contributed by atoms with Crippen LogP contribution in [0, 0.1) is 5.92 Å². The number of nitrogens with two attached hydrogens (primary N) is 1. The largest absolute Gasteiger partial charge is 0.405 e. The van der Waals surface area contributed by atoms with Gasteiger partial charge in [0.2, 0.25) is 0 Å². The Morgan fingerprint density at radius 2 is 1.82 bits per heavy atom. The second-order valence-electron chi connectivity index (χ2n) is 5.93. The van der Waals surface area contributed by atoms with Gasteiger partial charge >= 0.3 is 0 Å². The maximum atomic E-state index is 5.46. The molecule has 0 aliphatic heterocycles. The molecule has 0 aromatic heterocycles. The van der Waals surface area contributed by atoms with Crippen LogP contribution in [-0.2, 0) is 0 Å². The van der Waals surface area contributed by atoms with Crippen LogP contribution in [0.25, 0.3) is 0 Å². The molecule has 0 aromatic rings. The van der Waals surface area contributed by atoms with E-state index in [1.807, 2.05) is 6.08 Å². The van der Waals surface area contributed by atoms with E-state index in [4.69, 9.17) is 5.73 Å². The molecular formula is C21H35N. The van der Waals surface area contributed by atoms with Gasteiger partial charge in [-0.15, -0.1) is 0 Å². The van der Waals surface area contributed by atoms with Gasteiger partial charge in [-0.2, -0.15) is 0 Å². The second-order valence-corrected chi connectivity index (χ2v) is 5.93. The fourth-order valence-electron chi connectivity index (χ4n) is 2.84. The van der Waals surface area contributed by atoms with Crippen LogP contribution in [0.5, 0.6) is 0 Å². The van der Waals surface area contributed by atoms with Gasteiger partial charge in [0.25, 0.3) is 0 Å². The number of rotatable bonds is 10. The van der Waals surface area contributed by atoms with Crippen molar-refractivity contribution < 1.29 is 0 Å². The topological polar surface area (TPSA) is 26.0 Å². The average molecular weight is 302 g/mol. The van der Waals surface area contributed by atoms with E-state index in [0.29, 0.717) is 5.92 Å². The zero-order valence-corrected chi connectivity index (χ0v) is 15.3. The molecule has 0 fully saturated rings. The minimum absolute atomic E-state index is 0.454. The summed E-state index contributed by atoms with van der Waals surface area (Å²) in [5, 5.41) is 0. The Labute approximate surface area is 138 Å². The molecule has 1 unspecified atom stereocenters. The van der Waals surface area contributed by atoms with E-state index in [1.165, 1.54) is 22.3 Å². The first-order valence-electron chi connectivity index (χ1n) is 8.60. The van der Waals surface area contributed by atoms with Crippen LogP contribution in [0.2, 0.25) is 0 Å². The molecule has 0 aliphatic rings. The van der Waals surface area contributed by atoms with E-state index >= 15 is 0 Å². The molecule has 124 valence electrons. The SMILES string of the molecule is C=C(C)C(CC)C(=C/C/C(=C/C=C\N)CCC)/C(C)=C\CC. The summed E-state index contributed by atoms with van der Waals surface area (Å²) in [6.45, 7) is 15.2. The van der Waals surface area contributed by atoms with E-state index in [1.54, 1.807) is 6.20 Å². The molecule has 1 heteroatoms. The van der Waals surface area contributed by atoms with E-state index in [-0.39, 0.29) is 0 Å². The fourth-order valence-corrected chi connectivity index (χ4v) is 2.84. The molecule has 0 aromatic carbocycles. The van der Waals surface area contributed by atoms with Crippen LogP contribution in [-0.4, -0.2) is 0 Å². The summed E-state index contributed by atoms with van der Waals surface area (Å²) in [5.74, 6) is 0.454. The van der Waals surface area contributed by atoms with Crippen molar-refractivity contribution in [1.82, 2.24) is 0 Å². The number of hydrogen-bond donors (Lipinski definition) is 1. The Bertz CT molecular complexity index is 447. The molecule has 22 heavy (non-hydrogen) atoms. The number of hydrogen-bond acceptors (Lipinski definition) is 1. The second kappa shape index (κ2) is 12.1. The molecule has 0 spiro atoms. The monoisotopic (exact) mass is 301 g/mol. The molecule has 0 amide bonds. The van der Waals surface area contributed by atoms with Crippen molar-refractivity contribution >= 4 is 0 Å². The Morgan fingerprint density at radius 3 is 2.27 bits per heavy atom. The van der Waals surface area contributed by atoms with Crippen molar-refractivity contribution in [3.8, 4) is 0 Å². The Balaban J connectivity index is 5.47. The Morgan fingerprint density at radius 1 is 1.14 bits per heavy atom. The third kappa shape index (κ3) is 7.49. The van der Waals surface area contributed by atoms with Gasteiger partial charge in [0.15, 0.2) is 0 Å². The standard InChI is InChI=1S/C21H35N/c1-7-11-18(6)21(20(9-3)17(4)5)15-14-19(12-8-2)13-10-16-22/h10-11,13,15-16,20H,4,7-9,12,14,22H2,1-3,5-6H3/b16-10-,18-11-,19-13+,21-15+. The van der Waals surface area contributed by atoms with Gasteiger partial charge in [0.05, 0.1) is 0 Å². The summed E-state index contributed by atoms with van der Waals surface area (Å²) in [6.07, 6.45) is 15.9. The molecule has 0 heterocycles. The first-order valence-corrected chi connectivity index (χ1v) is 8.60. The predicted octanol–water partition coefficient (Wildman–Crippen LogP) is 6.46. The quantitative estimate of drug-likeness (QED) is 0.363. The maximum Gasteiger partial charge on any atom is 0.00395 e. The van der Waals surface area contributed by atoms with Crippen molar-refractivity contribution in [2.24, 2.45) is 11.7 Å². The predicted molar refractivity (Wildman–Crippen MR) is 102 cm³/mol. The first-order chi connectivity index (χ1) is 10.5. The lowest BCUT2D eigenvalue weighted by Gasteiger charge is -2.21. The first kappa shape index (κ1) is 20.5. The Hall–Kier alpha value is -1.50. The van der Waals surface area contributed by atoms with Crippen molar-refractivity contribution in [3.63, 3.8) is 0 Å². The highest BCUT2D eigenvalue weighted by molar-refractivity contribution is 5.36. The van der Waals surface area contributed by atoms with Gasteiger partial charge in [-0.3, -0.25) is 0 Å². The lowest BCUT2D eigenvalue weighted by Crippen LogP contribution is -2.06. The average Bonchev–Trinajstić information content (AvgIpc) is 2.48. The molecule has 1 atom stereocenters. The van der Waals surface area contributed by atoms with Gasteiger partial charge in [0.1, 0.15) is 0 Å². The molecule has 0 saturated carbocycles. The third-order valence-electron chi connectivity index (χ3n) is 3.94. The smallest absolute Gasteiger partial charge is 0.00395 e. The molecule has 0 radical (unpaired) electrons. The molecule has 1 nitrogen and oxygen atoms in total. The van der Waals surface area contributed by atoms with E-state index in [0.717, 1.165) is 32.1 Å². The van der Waals surface area contributed by atoms with Crippen molar-refractivity contribution in [1.29, 1.82) is 0 Å². The minimum atomic E-state index is 0.454. The normalized spacial score (nSPS) is 15.4. The zero-order chi connectivity index (χ0) is 17.0. The third-order valence-corrected chi connectivity index (χ3v) is 3.94. The van der Waals surface area contributed by atoms with Crippen LogP contribution in [0.15, 0.2) is 59.4 Å². The summed E-state index contributed by atoms with van der Waals surface area (Å²) in [6, 6.07) is 0. The van der Waals surface area contributed by atoms with Gasteiger partial charge in [-0.25, -0.2) is 0 Å².